The number of aliphatic imine (C=N–C) groups is 1. The third kappa shape index (κ3) is 6.69. The van der Waals surface area contributed by atoms with Crippen molar-refractivity contribution in [3.05, 3.63) is 60.2 Å². The molecule has 1 atom stereocenters. The van der Waals surface area contributed by atoms with Gasteiger partial charge >= 0.3 is 5.97 Å². The number of ether oxygens (including phenoxy) is 1. The van der Waals surface area contributed by atoms with Gasteiger partial charge in [0.1, 0.15) is 6.10 Å². The van der Waals surface area contributed by atoms with Crippen molar-refractivity contribution in [2.75, 3.05) is 0 Å². The van der Waals surface area contributed by atoms with Gasteiger partial charge in [-0.15, -0.1) is 0 Å². The lowest BCUT2D eigenvalue weighted by atomic mass is 10.1. The average molecular weight is 271 g/mol. The summed E-state index contributed by atoms with van der Waals surface area (Å²) < 4.78 is 5.29. The Morgan fingerprint density at radius 2 is 1.85 bits per heavy atom. The molecule has 0 bridgehead atoms. The lowest BCUT2D eigenvalue weighted by Gasteiger charge is -2.12. The molecule has 0 spiro atoms. The highest BCUT2D eigenvalue weighted by Gasteiger charge is 2.09. The van der Waals surface area contributed by atoms with Crippen molar-refractivity contribution in [2.45, 2.75) is 32.9 Å². The molecule has 1 rings (SSSR count). The third-order valence-corrected chi connectivity index (χ3v) is 2.40. The standard InChI is InChI=1S/C17H21NO2/c1-14(2)18-13-9-5-8-12-17(20-15(3)19)16-10-6-4-7-11-16/h4-14,17H,1-3H3/b9-5+,12-8+,18-13?. The molecule has 1 aromatic carbocycles. The molecule has 0 saturated heterocycles. The molecule has 0 N–H and O–H groups in total. The number of carbonyl (C=O) groups is 1. The minimum Gasteiger partial charge on any atom is -0.453 e. The van der Waals surface area contributed by atoms with Crippen LogP contribution in [0.5, 0.6) is 0 Å². The van der Waals surface area contributed by atoms with E-state index in [4.69, 9.17) is 4.74 Å². The van der Waals surface area contributed by atoms with Gasteiger partial charge in [0, 0.05) is 19.2 Å². The second-order valence-electron chi connectivity index (χ2n) is 4.60. The molecule has 0 saturated carbocycles. The van der Waals surface area contributed by atoms with E-state index in [-0.39, 0.29) is 12.1 Å². The summed E-state index contributed by atoms with van der Waals surface area (Å²) >= 11 is 0. The van der Waals surface area contributed by atoms with Crippen molar-refractivity contribution in [2.24, 2.45) is 4.99 Å². The Kier molecular flexibility index (Phi) is 7.04. The second-order valence-corrected chi connectivity index (χ2v) is 4.60. The smallest absolute Gasteiger partial charge is 0.303 e. The summed E-state index contributed by atoms with van der Waals surface area (Å²) in [6, 6.07) is 9.93. The molecule has 0 heterocycles. The van der Waals surface area contributed by atoms with Gasteiger partial charge in [0.15, 0.2) is 0 Å². The molecule has 0 aliphatic heterocycles. The minimum atomic E-state index is -0.361. The monoisotopic (exact) mass is 271 g/mol. The predicted octanol–water partition coefficient (Wildman–Crippen LogP) is 3.88. The Labute approximate surface area is 120 Å². The summed E-state index contributed by atoms with van der Waals surface area (Å²) in [5.41, 5.74) is 0.947. The van der Waals surface area contributed by atoms with E-state index in [2.05, 4.69) is 4.99 Å². The molecule has 1 aromatic rings. The highest BCUT2D eigenvalue weighted by Crippen LogP contribution is 2.18. The van der Waals surface area contributed by atoms with E-state index in [0.29, 0.717) is 6.04 Å². The molecule has 0 aliphatic carbocycles. The van der Waals surface area contributed by atoms with Gasteiger partial charge in [-0.05, 0) is 31.6 Å². The maximum atomic E-state index is 11.1. The molecule has 3 heteroatoms. The van der Waals surface area contributed by atoms with Gasteiger partial charge in [0.25, 0.3) is 0 Å². The van der Waals surface area contributed by atoms with Crippen LogP contribution in [0.1, 0.15) is 32.4 Å². The first-order valence-electron chi connectivity index (χ1n) is 6.68. The van der Waals surface area contributed by atoms with Gasteiger partial charge in [-0.1, -0.05) is 42.5 Å². The van der Waals surface area contributed by atoms with Gasteiger partial charge in [-0.3, -0.25) is 9.79 Å². The van der Waals surface area contributed by atoms with E-state index in [1.807, 2.05) is 68.5 Å². The van der Waals surface area contributed by atoms with Crippen molar-refractivity contribution in [3.8, 4) is 0 Å². The molecule has 1 unspecified atom stereocenters. The molecular weight excluding hydrogens is 250 g/mol. The number of benzene rings is 1. The zero-order valence-corrected chi connectivity index (χ0v) is 12.2. The number of carbonyl (C=O) groups excluding carboxylic acids is 1. The molecule has 0 radical (unpaired) electrons. The number of nitrogens with zero attached hydrogens (tertiary/aromatic N) is 1. The summed E-state index contributed by atoms with van der Waals surface area (Å²) in [7, 11) is 0. The number of hydrogen-bond donors (Lipinski definition) is 0. The molecule has 3 nitrogen and oxygen atoms in total. The maximum absolute atomic E-state index is 11.1. The summed E-state index contributed by atoms with van der Waals surface area (Å²) in [5.74, 6) is -0.297. The van der Waals surface area contributed by atoms with Gasteiger partial charge < -0.3 is 4.74 Å². The van der Waals surface area contributed by atoms with E-state index in [1.165, 1.54) is 6.92 Å². The number of hydrogen-bond acceptors (Lipinski definition) is 3. The Hall–Kier alpha value is -2.16. The number of rotatable bonds is 6. The minimum absolute atomic E-state index is 0.293. The average Bonchev–Trinajstić information content (AvgIpc) is 2.41. The molecule has 106 valence electrons. The van der Waals surface area contributed by atoms with Crippen LogP contribution in [0.2, 0.25) is 0 Å². The first-order valence-corrected chi connectivity index (χ1v) is 6.68. The SMILES string of the molecule is CC(=O)OC(/C=C/C=C/C=NC(C)C)c1ccccc1. The first kappa shape index (κ1) is 15.9. The lowest BCUT2D eigenvalue weighted by molar-refractivity contribution is -0.144. The van der Waals surface area contributed by atoms with Crippen molar-refractivity contribution in [3.63, 3.8) is 0 Å². The third-order valence-electron chi connectivity index (χ3n) is 2.40. The number of esters is 1. The largest absolute Gasteiger partial charge is 0.453 e. The Morgan fingerprint density at radius 1 is 1.15 bits per heavy atom. The van der Waals surface area contributed by atoms with E-state index in [1.54, 1.807) is 6.21 Å². The van der Waals surface area contributed by atoms with Crippen molar-refractivity contribution < 1.29 is 9.53 Å². The van der Waals surface area contributed by atoms with E-state index < -0.39 is 0 Å². The van der Waals surface area contributed by atoms with Crippen LogP contribution in [0.15, 0.2) is 59.6 Å². The van der Waals surface area contributed by atoms with E-state index in [9.17, 15) is 4.79 Å². The van der Waals surface area contributed by atoms with Gasteiger partial charge in [0.05, 0.1) is 0 Å². The van der Waals surface area contributed by atoms with Crippen LogP contribution >= 0.6 is 0 Å². The second kappa shape index (κ2) is 8.86. The number of allylic oxidation sites excluding steroid dienone is 3. The van der Waals surface area contributed by atoms with Crippen LogP contribution in [-0.2, 0) is 9.53 Å². The zero-order chi connectivity index (χ0) is 14.8. The molecule has 0 fully saturated rings. The summed E-state index contributed by atoms with van der Waals surface area (Å²) in [5, 5.41) is 0. The Morgan fingerprint density at radius 3 is 2.45 bits per heavy atom. The highest BCUT2D eigenvalue weighted by atomic mass is 16.5. The van der Waals surface area contributed by atoms with Gasteiger partial charge in [-0.25, -0.2) is 0 Å². The molecule has 0 amide bonds. The van der Waals surface area contributed by atoms with Crippen LogP contribution in [-0.4, -0.2) is 18.2 Å². The fraction of sp³-hybridized carbons (Fsp3) is 0.294. The van der Waals surface area contributed by atoms with Crippen LogP contribution < -0.4 is 0 Å². The zero-order valence-electron chi connectivity index (χ0n) is 12.2. The van der Waals surface area contributed by atoms with Crippen molar-refractivity contribution in [1.29, 1.82) is 0 Å². The maximum Gasteiger partial charge on any atom is 0.303 e. The Bertz CT molecular complexity index is 487. The summed E-state index contributed by atoms with van der Waals surface area (Å²) in [6.45, 7) is 5.45. The van der Waals surface area contributed by atoms with Crippen molar-refractivity contribution >= 4 is 12.2 Å². The van der Waals surface area contributed by atoms with Gasteiger partial charge in [0.2, 0.25) is 0 Å². The molecule has 20 heavy (non-hydrogen) atoms. The van der Waals surface area contributed by atoms with E-state index in [0.717, 1.165) is 5.56 Å². The summed E-state index contributed by atoms with van der Waals surface area (Å²) in [4.78, 5) is 15.4. The molecular formula is C17H21NO2. The fourth-order valence-electron chi connectivity index (χ4n) is 1.54. The molecule has 0 aliphatic rings. The first-order chi connectivity index (χ1) is 9.59. The fourth-order valence-corrected chi connectivity index (χ4v) is 1.54. The van der Waals surface area contributed by atoms with Crippen LogP contribution in [0.4, 0.5) is 0 Å². The normalized spacial score (nSPS) is 13.6. The van der Waals surface area contributed by atoms with Gasteiger partial charge in [-0.2, -0.15) is 0 Å². The van der Waals surface area contributed by atoms with E-state index >= 15 is 0 Å². The summed E-state index contributed by atoms with van der Waals surface area (Å²) in [6.07, 6.45) is 8.82. The molecule has 0 aromatic heterocycles. The topological polar surface area (TPSA) is 38.7 Å². The predicted molar refractivity (Wildman–Crippen MR) is 82.9 cm³/mol. The lowest BCUT2D eigenvalue weighted by Crippen LogP contribution is -2.05. The van der Waals surface area contributed by atoms with Crippen molar-refractivity contribution in [1.82, 2.24) is 0 Å². The Balaban J connectivity index is 2.68. The quantitative estimate of drug-likeness (QED) is 0.447. The highest BCUT2D eigenvalue weighted by molar-refractivity contribution is 5.71. The van der Waals surface area contributed by atoms with Crippen LogP contribution in [0, 0.1) is 0 Å². The van der Waals surface area contributed by atoms with Crippen LogP contribution in [0.3, 0.4) is 0 Å². The van der Waals surface area contributed by atoms with Crippen LogP contribution in [0.25, 0.3) is 0 Å².